The lowest BCUT2D eigenvalue weighted by Crippen LogP contribution is -2.30. The van der Waals surface area contributed by atoms with E-state index in [9.17, 15) is 9.90 Å². The van der Waals surface area contributed by atoms with Crippen molar-refractivity contribution in [3.63, 3.8) is 0 Å². The molecule has 0 saturated heterocycles. The van der Waals surface area contributed by atoms with Crippen LogP contribution in [-0.4, -0.2) is 22.3 Å². The number of rotatable bonds is 3. The molecule has 0 fully saturated rings. The van der Waals surface area contributed by atoms with Gasteiger partial charge in [0, 0.05) is 18.4 Å². The Labute approximate surface area is 99.8 Å². The Kier molecular flexibility index (Phi) is 2.73. The van der Waals surface area contributed by atoms with Gasteiger partial charge in [0.2, 0.25) is 0 Å². The van der Waals surface area contributed by atoms with Gasteiger partial charge in [-0.25, -0.2) is 0 Å². The third kappa shape index (κ3) is 2.20. The van der Waals surface area contributed by atoms with Crippen molar-refractivity contribution >= 4 is 5.97 Å². The maximum absolute atomic E-state index is 11.0. The molecule has 2 rings (SSSR count). The molecule has 92 valence electrons. The Morgan fingerprint density at radius 2 is 2.24 bits per heavy atom. The fourth-order valence-electron chi connectivity index (χ4n) is 2.09. The molecule has 4 heteroatoms. The lowest BCUT2D eigenvalue weighted by Gasteiger charge is -2.22. The molecule has 1 atom stereocenters. The van der Waals surface area contributed by atoms with Crippen LogP contribution in [0.15, 0.2) is 18.2 Å². The van der Waals surface area contributed by atoms with Crippen LogP contribution in [0.1, 0.15) is 25.8 Å². The Morgan fingerprint density at radius 3 is 2.82 bits per heavy atom. The standard InChI is InChI=1S/C13H16O4/c1-13(2,12(15)16)7-8-6-9-10(14)4-3-5-11(9)17-8/h3-5,8,14H,6-7H2,1-2H3,(H,15,16). The first-order valence-corrected chi connectivity index (χ1v) is 5.61. The summed E-state index contributed by atoms with van der Waals surface area (Å²) in [6.07, 6.45) is 0.819. The molecule has 1 unspecified atom stereocenters. The molecule has 0 aliphatic carbocycles. The molecular formula is C13H16O4. The van der Waals surface area contributed by atoms with Crippen LogP contribution in [0.4, 0.5) is 0 Å². The number of carboxylic acid groups (broad SMARTS) is 1. The Hall–Kier alpha value is -1.71. The van der Waals surface area contributed by atoms with Crippen molar-refractivity contribution < 1.29 is 19.7 Å². The van der Waals surface area contributed by atoms with Crippen molar-refractivity contribution in [2.45, 2.75) is 32.8 Å². The molecule has 4 nitrogen and oxygen atoms in total. The average Bonchev–Trinajstić information content (AvgIpc) is 2.60. The quantitative estimate of drug-likeness (QED) is 0.844. The highest BCUT2D eigenvalue weighted by atomic mass is 16.5. The molecule has 1 aliphatic heterocycles. The normalized spacial score (nSPS) is 18.6. The van der Waals surface area contributed by atoms with E-state index < -0.39 is 11.4 Å². The van der Waals surface area contributed by atoms with Gasteiger partial charge in [-0.05, 0) is 26.0 Å². The minimum Gasteiger partial charge on any atom is -0.508 e. The Bertz CT molecular complexity index is 451. The predicted octanol–water partition coefficient (Wildman–Crippen LogP) is 2.20. The molecule has 0 spiro atoms. The van der Waals surface area contributed by atoms with Crippen LogP contribution >= 0.6 is 0 Å². The molecule has 0 amide bonds. The fourth-order valence-corrected chi connectivity index (χ4v) is 2.09. The smallest absolute Gasteiger partial charge is 0.309 e. The highest BCUT2D eigenvalue weighted by Gasteiger charge is 2.35. The van der Waals surface area contributed by atoms with Gasteiger partial charge in [0.15, 0.2) is 0 Å². The monoisotopic (exact) mass is 236 g/mol. The summed E-state index contributed by atoms with van der Waals surface area (Å²) < 4.78 is 5.65. The van der Waals surface area contributed by atoms with Crippen molar-refractivity contribution in [3.05, 3.63) is 23.8 Å². The summed E-state index contributed by atoms with van der Waals surface area (Å²) in [5.74, 6) is 0.0515. The van der Waals surface area contributed by atoms with Gasteiger partial charge in [-0.2, -0.15) is 0 Å². The first-order chi connectivity index (χ1) is 7.90. The minimum atomic E-state index is -0.832. The van der Waals surface area contributed by atoms with Crippen molar-refractivity contribution in [3.8, 4) is 11.5 Å². The molecule has 0 saturated carbocycles. The summed E-state index contributed by atoms with van der Waals surface area (Å²) in [6, 6.07) is 5.13. The number of aromatic hydroxyl groups is 1. The number of fused-ring (bicyclic) bond motifs is 1. The molecular weight excluding hydrogens is 220 g/mol. The van der Waals surface area contributed by atoms with Gasteiger partial charge in [-0.1, -0.05) is 6.07 Å². The van der Waals surface area contributed by atoms with E-state index in [4.69, 9.17) is 9.84 Å². The maximum atomic E-state index is 11.0. The van der Waals surface area contributed by atoms with E-state index >= 15 is 0 Å². The molecule has 2 N–H and O–H groups in total. The summed E-state index contributed by atoms with van der Waals surface area (Å²) in [5.41, 5.74) is -0.0406. The molecule has 1 aromatic carbocycles. The van der Waals surface area contributed by atoms with E-state index in [2.05, 4.69) is 0 Å². The first kappa shape index (κ1) is 11.8. The van der Waals surface area contributed by atoms with Crippen LogP contribution in [-0.2, 0) is 11.2 Å². The fraction of sp³-hybridized carbons (Fsp3) is 0.462. The van der Waals surface area contributed by atoms with E-state index in [0.29, 0.717) is 18.6 Å². The first-order valence-electron chi connectivity index (χ1n) is 5.61. The van der Waals surface area contributed by atoms with Gasteiger partial charge in [-0.3, -0.25) is 4.79 Å². The van der Waals surface area contributed by atoms with Crippen LogP contribution in [0, 0.1) is 5.41 Å². The van der Waals surface area contributed by atoms with Gasteiger partial charge < -0.3 is 14.9 Å². The average molecular weight is 236 g/mol. The van der Waals surface area contributed by atoms with E-state index in [1.54, 1.807) is 32.0 Å². The van der Waals surface area contributed by atoms with E-state index in [1.807, 2.05) is 0 Å². The zero-order valence-corrected chi connectivity index (χ0v) is 9.93. The molecule has 1 aliphatic rings. The van der Waals surface area contributed by atoms with E-state index in [1.165, 1.54) is 0 Å². The second-order valence-electron chi connectivity index (χ2n) is 5.09. The third-order valence-electron chi connectivity index (χ3n) is 3.15. The molecule has 17 heavy (non-hydrogen) atoms. The number of benzene rings is 1. The number of phenolic OH excluding ortho intramolecular Hbond substituents is 1. The van der Waals surface area contributed by atoms with Crippen LogP contribution < -0.4 is 4.74 Å². The highest BCUT2D eigenvalue weighted by Crippen LogP contribution is 2.38. The molecule has 0 aromatic heterocycles. The van der Waals surface area contributed by atoms with Crippen molar-refractivity contribution in [1.29, 1.82) is 0 Å². The number of carbonyl (C=O) groups is 1. The van der Waals surface area contributed by atoms with Crippen molar-refractivity contribution in [2.75, 3.05) is 0 Å². The second kappa shape index (κ2) is 3.95. The Morgan fingerprint density at radius 1 is 1.53 bits per heavy atom. The third-order valence-corrected chi connectivity index (χ3v) is 3.15. The number of hydrogen-bond acceptors (Lipinski definition) is 3. The zero-order valence-electron chi connectivity index (χ0n) is 9.93. The zero-order chi connectivity index (χ0) is 12.6. The minimum absolute atomic E-state index is 0.176. The predicted molar refractivity (Wildman–Crippen MR) is 62.3 cm³/mol. The number of aliphatic carboxylic acids is 1. The second-order valence-corrected chi connectivity index (χ2v) is 5.09. The summed E-state index contributed by atoms with van der Waals surface area (Å²) in [5, 5.41) is 18.7. The summed E-state index contributed by atoms with van der Waals surface area (Å²) in [6.45, 7) is 3.36. The molecule has 1 aromatic rings. The largest absolute Gasteiger partial charge is 0.508 e. The lowest BCUT2D eigenvalue weighted by atomic mass is 9.86. The number of phenols is 1. The van der Waals surface area contributed by atoms with Crippen LogP contribution in [0.25, 0.3) is 0 Å². The number of ether oxygens (including phenoxy) is 1. The van der Waals surface area contributed by atoms with Gasteiger partial charge in [0.1, 0.15) is 17.6 Å². The molecule has 0 bridgehead atoms. The number of hydrogen-bond donors (Lipinski definition) is 2. The summed E-state index contributed by atoms with van der Waals surface area (Å²) in [4.78, 5) is 11.0. The summed E-state index contributed by atoms with van der Waals surface area (Å²) in [7, 11) is 0. The highest BCUT2D eigenvalue weighted by molar-refractivity contribution is 5.73. The van der Waals surface area contributed by atoms with Crippen molar-refractivity contribution in [1.82, 2.24) is 0 Å². The van der Waals surface area contributed by atoms with Crippen LogP contribution in [0.2, 0.25) is 0 Å². The van der Waals surface area contributed by atoms with Gasteiger partial charge >= 0.3 is 5.97 Å². The Balaban J connectivity index is 2.11. The van der Waals surface area contributed by atoms with Crippen molar-refractivity contribution in [2.24, 2.45) is 5.41 Å². The van der Waals surface area contributed by atoms with Gasteiger partial charge in [0.25, 0.3) is 0 Å². The molecule has 1 heterocycles. The lowest BCUT2D eigenvalue weighted by molar-refractivity contribution is -0.148. The summed E-state index contributed by atoms with van der Waals surface area (Å²) >= 11 is 0. The van der Waals surface area contributed by atoms with Gasteiger partial charge in [0.05, 0.1) is 5.41 Å². The van der Waals surface area contributed by atoms with Crippen LogP contribution in [0.3, 0.4) is 0 Å². The van der Waals surface area contributed by atoms with E-state index in [-0.39, 0.29) is 11.9 Å². The van der Waals surface area contributed by atoms with Crippen LogP contribution in [0.5, 0.6) is 11.5 Å². The number of carboxylic acids is 1. The van der Waals surface area contributed by atoms with Gasteiger partial charge in [-0.15, -0.1) is 0 Å². The topological polar surface area (TPSA) is 66.8 Å². The molecule has 0 radical (unpaired) electrons. The SMILES string of the molecule is CC(C)(CC1Cc2c(O)cccc2O1)C(=O)O. The maximum Gasteiger partial charge on any atom is 0.309 e. The van der Waals surface area contributed by atoms with E-state index in [0.717, 1.165) is 5.56 Å².